The van der Waals surface area contributed by atoms with Crippen molar-refractivity contribution in [3.63, 3.8) is 0 Å². The molecule has 2 aromatic carbocycles. The molecule has 1 aliphatic heterocycles. The average Bonchev–Trinajstić information content (AvgIpc) is 2.73. The van der Waals surface area contributed by atoms with E-state index < -0.39 is 28.5 Å². The van der Waals surface area contributed by atoms with Crippen LogP contribution in [0.1, 0.15) is 21.5 Å². The van der Waals surface area contributed by atoms with E-state index in [0.29, 0.717) is 24.5 Å². The van der Waals surface area contributed by atoms with Crippen molar-refractivity contribution in [2.24, 2.45) is 0 Å². The molecule has 1 fully saturated rings. The number of carbonyl (C=O) groups excluding carboxylic acids is 2. The van der Waals surface area contributed by atoms with Crippen LogP contribution in [0.3, 0.4) is 0 Å². The van der Waals surface area contributed by atoms with Crippen molar-refractivity contribution in [1.82, 2.24) is 4.31 Å². The number of morpholine rings is 1. The summed E-state index contributed by atoms with van der Waals surface area (Å²) in [7, 11) is -3.76. The molecule has 9 heteroatoms. The molecule has 2 aromatic rings. The van der Waals surface area contributed by atoms with Gasteiger partial charge < -0.3 is 14.8 Å². The van der Waals surface area contributed by atoms with Gasteiger partial charge in [0.25, 0.3) is 5.91 Å². The quantitative estimate of drug-likeness (QED) is 0.702. The van der Waals surface area contributed by atoms with E-state index >= 15 is 0 Å². The second-order valence-corrected chi connectivity index (χ2v) is 8.90. The van der Waals surface area contributed by atoms with Gasteiger partial charge in [-0.3, -0.25) is 4.79 Å². The summed E-state index contributed by atoms with van der Waals surface area (Å²) in [6.45, 7) is 4.26. The number of aryl methyl sites for hydroxylation is 2. The Morgan fingerprint density at radius 1 is 1.10 bits per heavy atom. The lowest BCUT2D eigenvalue weighted by atomic mass is 10.1. The molecule has 8 nitrogen and oxygen atoms in total. The smallest absolute Gasteiger partial charge is 0.338 e. The van der Waals surface area contributed by atoms with Crippen molar-refractivity contribution in [3.8, 4) is 0 Å². The predicted molar refractivity (Wildman–Crippen MR) is 111 cm³/mol. The van der Waals surface area contributed by atoms with Gasteiger partial charge in [-0.2, -0.15) is 4.31 Å². The third kappa shape index (κ3) is 5.24. The minimum Gasteiger partial charge on any atom is -0.452 e. The van der Waals surface area contributed by atoms with E-state index in [9.17, 15) is 18.0 Å². The van der Waals surface area contributed by atoms with Crippen LogP contribution in [-0.4, -0.2) is 57.5 Å². The first-order valence-electron chi connectivity index (χ1n) is 9.49. The Hall–Kier alpha value is -2.75. The third-order valence-corrected chi connectivity index (χ3v) is 6.69. The lowest BCUT2D eigenvalue weighted by Gasteiger charge is -2.26. The number of nitrogens with zero attached hydrogens (tertiary/aromatic N) is 1. The molecule has 3 rings (SSSR count). The molecule has 0 spiro atoms. The van der Waals surface area contributed by atoms with Crippen LogP contribution in [0.2, 0.25) is 0 Å². The second-order valence-electron chi connectivity index (χ2n) is 6.99. The molecule has 1 aliphatic rings. The van der Waals surface area contributed by atoms with Gasteiger partial charge in [-0.05, 0) is 49.2 Å². The monoisotopic (exact) mass is 432 g/mol. The van der Waals surface area contributed by atoms with E-state index in [2.05, 4.69) is 5.32 Å². The molecule has 1 heterocycles. The summed E-state index contributed by atoms with van der Waals surface area (Å²) in [6, 6.07) is 11.6. The van der Waals surface area contributed by atoms with E-state index in [1.165, 1.54) is 16.4 Å². The van der Waals surface area contributed by atoms with Crippen molar-refractivity contribution >= 4 is 27.6 Å². The molecule has 0 aromatic heterocycles. The molecule has 1 saturated heterocycles. The van der Waals surface area contributed by atoms with E-state index in [1.807, 2.05) is 13.0 Å². The van der Waals surface area contributed by atoms with Crippen LogP contribution < -0.4 is 5.32 Å². The van der Waals surface area contributed by atoms with Crippen molar-refractivity contribution < 1.29 is 27.5 Å². The highest BCUT2D eigenvalue weighted by atomic mass is 32.2. The summed E-state index contributed by atoms with van der Waals surface area (Å²) >= 11 is 0. The van der Waals surface area contributed by atoms with E-state index in [0.717, 1.165) is 5.56 Å². The minimum atomic E-state index is -3.76. The second kappa shape index (κ2) is 9.38. The van der Waals surface area contributed by atoms with Crippen molar-refractivity contribution in [2.45, 2.75) is 18.7 Å². The number of esters is 1. The normalized spacial score (nSPS) is 14.9. The molecule has 0 atom stereocenters. The number of amides is 1. The van der Waals surface area contributed by atoms with Gasteiger partial charge >= 0.3 is 5.97 Å². The molecule has 0 saturated carbocycles. The third-order valence-electron chi connectivity index (χ3n) is 4.65. The first kappa shape index (κ1) is 21.9. The summed E-state index contributed by atoms with van der Waals surface area (Å²) in [4.78, 5) is 24.5. The van der Waals surface area contributed by atoms with Crippen molar-refractivity contribution in [3.05, 3.63) is 59.2 Å². The van der Waals surface area contributed by atoms with Crippen LogP contribution in [0.25, 0.3) is 0 Å². The standard InChI is InChI=1S/C21H24N2O6S/c1-15-4-3-5-18(12-15)22-20(24)14-29-21(25)17-7-6-16(2)19(13-17)30(26,27)23-8-10-28-11-9-23/h3-7,12-13H,8-11,14H2,1-2H3,(H,22,24). The molecule has 0 bridgehead atoms. The van der Waals surface area contributed by atoms with Gasteiger partial charge in [0, 0.05) is 18.8 Å². The summed E-state index contributed by atoms with van der Waals surface area (Å²) in [5, 5.41) is 2.65. The van der Waals surface area contributed by atoms with E-state index in [4.69, 9.17) is 9.47 Å². The molecule has 1 amide bonds. The SMILES string of the molecule is Cc1cccc(NC(=O)COC(=O)c2ccc(C)c(S(=O)(=O)N3CCOCC3)c2)c1. The molecule has 30 heavy (non-hydrogen) atoms. The minimum absolute atomic E-state index is 0.0445. The van der Waals surface area contributed by atoms with E-state index in [1.54, 1.807) is 31.2 Å². The zero-order valence-corrected chi connectivity index (χ0v) is 17.7. The fourth-order valence-electron chi connectivity index (χ4n) is 3.07. The lowest BCUT2D eigenvalue weighted by molar-refractivity contribution is -0.119. The number of hydrogen-bond acceptors (Lipinski definition) is 6. The Morgan fingerprint density at radius 2 is 1.83 bits per heavy atom. The van der Waals surface area contributed by atoms with Gasteiger partial charge in [0.2, 0.25) is 10.0 Å². The topological polar surface area (TPSA) is 102 Å². The molecule has 0 radical (unpaired) electrons. The Kier molecular flexibility index (Phi) is 6.86. The summed E-state index contributed by atoms with van der Waals surface area (Å²) < 4.78 is 37.5. The molecule has 1 N–H and O–H groups in total. The number of sulfonamides is 1. The zero-order chi connectivity index (χ0) is 21.7. The maximum absolute atomic E-state index is 12.9. The molecule has 160 valence electrons. The number of rotatable bonds is 6. The zero-order valence-electron chi connectivity index (χ0n) is 16.9. The fourth-order valence-corrected chi connectivity index (χ4v) is 4.72. The number of benzene rings is 2. The Morgan fingerprint density at radius 3 is 2.53 bits per heavy atom. The number of hydrogen-bond donors (Lipinski definition) is 1. The van der Waals surface area contributed by atoms with Crippen molar-refractivity contribution in [1.29, 1.82) is 0 Å². The largest absolute Gasteiger partial charge is 0.452 e. The van der Waals surface area contributed by atoms with Crippen LogP contribution in [-0.2, 0) is 24.3 Å². The van der Waals surface area contributed by atoms with Gasteiger partial charge in [0.1, 0.15) is 0 Å². The summed E-state index contributed by atoms with van der Waals surface area (Å²) in [6.07, 6.45) is 0. The first-order valence-corrected chi connectivity index (χ1v) is 10.9. The Balaban J connectivity index is 1.67. The average molecular weight is 432 g/mol. The van der Waals surface area contributed by atoms with Crippen LogP contribution >= 0.6 is 0 Å². The van der Waals surface area contributed by atoms with Gasteiger partial charge in [-0.15, -0.1) is 0 Å². The van der Waals surface area contributed by atoms with Crippen LogP contribution in [0.15, 0.2) is 47.4 Å². The van der Waals surface area contributed by atoms with Crippen LogP contribution in [0, 0.1) is 13.8 Å². The maximum Gasteiger partial charge on any atom is 0.338 e. The van der Waals surface area contributed by atoms with Gasteiger partial charge in [-0.1, -0.05) is 18.2 Å². The molecular formula is C21H24N2O6S. The van der Waals surface area contributed by atoms with Gasteiger partial charge in [-0.25, -0.2) is 13.2 Å². The number of anilines is 1. The number of nitrogens with one attached hydrogen (secondary N) is 1. The summed E-state index contributed by atoms with van der Waals surface area (Å²) in [5.41, 5.74) is 2.18. The van der Waals surface area contributed by atoms with Gasteiger partial charge in [0.15, 0.2) is 6.61 Å². The van der Waals surface area contributed by atoms with Crippen LogP contribution in [0.4, 0.5) is 5.69 Å². The molecule has 0 unspecified atom stereocenters. The Bertz CT molecular complexity index is 1050. The lowest BCUT2D eigenvalue weighted by Crippen LogP contribution is -2.40. The predicted octanol–water partition coefficient (Wildman–Crippen LogP) is 2.12. The first-order chi connectivity index (χ1) is 14.3. The fraction of sp³-hybridized carbons (Fsp3) is 0.333. The van der Waals surface area contributed by atoms with Gasteiger partial charge in [0.05, 0.1) is 23.7 Å². The highest BCUT2D eigenvalue weighted by Crippen LogP contribution is 2.22. The van der Waals surface area contributed by atoms with E-state index in [-0.39, 0.29) is 23.5 Å². The highest BCUT2D eigenvalue weighted by Gasteiger charge is 2.28. The number of carbonyl (C=O) groups is 2. The molecule has 0 aliphatic carbocycles. The summed E-state index contributed by atoms with van der Waals surface area (Å²) in [5.74, 6) is -1.25. The molecular weight excluding hydrogens is 408 g/mol. The Labute approximate surface area is 175 Å². The highest BCUT2D eigenvalue weighted by molar-refractivity contribution is 7.89. The number of ether oxygens (including phenoxy) is 2. The van der Waals surface area contributed by atoms with Crippen LogP contribution in [0.5, 0.6) is 0 Å². The maximum atomic E-state index is 12.9. The van der Waals surface area contributed by atoms with Crippen molar-refractivity contribution in [2.75, 3.05) is 38.2 Å².